The number of rotatable bonds is 14. The second-order valence-corrected chi connectivity index (χ2v) is 11.0. The van der Waals surface area contributed by atoms with E-state index in [9.17, 15) is 8.78 Å². The van der Waals surface area contributed by atoms with Crippen LogP contribution in [-0.4, -0.2) is 5.37 Å². The molecule has 0 bridgehead atoms. The zero-order chi connectivity index (χ0) is 21.2. The van der Waals surface area contributed by atoms with Crippen molar-refractivity contribution in [2.24, 2.45) is 5.92 Å². The maximum atomic E-state index is 14.1. The SMILES string of the molecule is CCCCCCCCC(CCCCCC)CC1Nc2c(Br)c(F)c(F)c(Br)c2S1. The third-order valence-electron chi connectivity index (χ3n) is 5.77. The molecular formula is C23H35Br2F2NS. The largest absolute Gasteiger partial charge is 0.371 e. The molecule has 1 aromatic rings. The van der Waals surface area contributed by atoms with Gasteiger partial charge in [-0.2, -0.15) is 0 Å². The van der Waals surface area contributed by atoms with Crippen LogP contribution in [0.2, 0.25) is 0 Å². The predicted octanol–water partition coefficient (Wildman–Crippen LogP) is 10.1. The fraction of sp³-hybridized carbons (Fsp3) is 0.739. The molecule has 0 saturated heterocycles. The summed E-state index contributed by atoms with van der Waals surface area (Å²) in [7, 11) is 0. The number of fused-ring (bicyclic) bond motifs is 1. The number of nitrogens with one attached hydrogen (secondary N) is 1. The summed E-state index contributed by atoms with van der Waals surface area (Å²) < 4.78 is 28.6. The topological polar surface area (TPSA) is 12.0 Å². The minimum Gasteiger partial charge on any atom is -0.371 e. The van der Waals surface area contributed by atoms with E-state index in [4.69, 9.17) is 0 Å². The predicted molar refractivity (Wildman–Crippen MR) is 130 cm³/mol. The smallest absolute Gasteiger partial charge is 0.176 e. The number of halogens is 4. The Morgan fingerprint density at radius 3 is 1.97 bits per heavy atom. The second-order valence-electron chi connectivity index (χ2n) is 8.22. The molecule has 166 valence electrons. The van der Waals surface area contributed by atoms with Gasteiger partial charge in [-0.25, -0.2) is 8.78 Å². The highest BCUT2D eigenvalue weighted by Gasteiger charge is 2.32. The molecule has 29 heavy (non-hydrogen) atoms. The van der Waals surface area contributed by atoms with Gasteiger partial charge in [0, 0.05) is 0 Å². The van der Waals surface area contributed by atoms with Gasteiger partial charge in [-0.3, -0.25) is 0 Å². The zero-order valence-corrected chi connectivity index (χ0v) is 21.8. The van der Waals surface area contributed by atoms with Crippen LogP contribution in [0.5, 0.6) is 0 Å². The van der Waals surface area contributed by atoms with Crippen molar-refractivity contribution in [2.45, 2.75) is 108 Å². The van der Waals surface area contributed by atoms with E-state index in [1.54, 1.807) is 11.8 Å². The number of thioether (sulfide) groups is 1. The summed E-state index contributed by atoms with van der Waals surface area (Å²) in [5, 5.41) is 3.62. The van der Waals surface area contributed by atoms with Gasteiger partial charge in [-0.05, 0) is 44.2 Å². The Morgan fingerprint density at radius 2 is 1.34 bits per heavy atom. The average Bonchev–Trinajstić information content (AvgIpc) is 3.14. The van der Waals surface area contributed by atoms with E-state index in [0.717, 1.165) is 11.3 Å². The van der Waals surface area contributed by atoms with Crippen LogP contribution < -0.4 is 5.32 Å². The Hall–Kier alpha value is 0.190. The lowest BCUT2D eigenvalue weighted by molar-refractivity contribution is 0.384. The van der Waals surface area contributed by atoms with Crippen LogP contribution in [0.4, 0.5) is 14.5 Å². The van der Waals surface area contributed by atoms with Gasteiger partial charge in [-0.15, -0.1) is 0 Å². The molecule has 2 unspecified atom stereocenters. The van der Waals surface area contributed by atoms with Crippen LogP contribution in [0.15, 0.2) is 13.8 Å². The molecule has 0 spiro atoms. The van der Waals surface area contributed by atoms with Crippen LogP contribution in [0.3, 0.4) is 0 Å². The fourth-order valence-corrected chi connectivity index (χ4v) is 6.62. The van der Waals surface area contributed by atoms with Gasteiger partial charge < -0.3 is 5.32 Å². The Balaban J connectivity index is 1.91. The first kappa shape index (κ1) is 25.5. The summed E-state index contributed by atoms with van der Waals surface area (Å²) in [5.74, 6) is -0.967. The molecule has 0 aliphatic carbocycles. The highest BCUT2D eigenvalue weighted by molar-refractivity contribution is 9.11. The van der Waals surface area contributed by atoms with E-state index in [1.165, 1.54) is 77.0 Å². The molecule has 0 saturated carbocycles. The standard InChI is InChI=1S/C23H35Br2F2NS/c1-3-5-7-9-10-12-14-16(13-11-8-6-4-2)15-17-28-22-18(24)20(26)21(27)19(25)23(22)29-17/h16-17,28H,3-15H2,1-2H3. The van der Waals surface area contributed by atoms with Crippen LogP contribution in [0, 0.1) is 17.6 Å². The first-order chi connectivity index (χ1) is 14.0. The minimum absolute atomic E-state index is 0.176. The van der Waals surface area contributed by atoms with Crippen LogP contribution >= 0.6 is 43.6 Å². The molecule has 1 heterocycles. The second kappa shape index (κ2) is 13.6. The zero-order valence-electron chi connectivity index (χ0n) is 17.8. The van der Waals surface area contributed by atoms with E-state index in [2.05, 4.69) is 51.0 Å². The van der Waals surface area contributed by atoms with Crippen molar-refractivity contribution in [1.82, 2.24) is 0 Å². The van der Waals surface area contributed by atoms with Crippen LogP contribution in [-0.2, 0) is 0 Å². The number of hydrogen-bond donors (Lipinski definition) is 1. The van der Waals surface area contributed by atoms with Crippen molar-refractivity contribution >= 4 is 49.3 Å². The number of benzene rings is 1. The Kier molecular flexibility index (Phi) is 11.9. The third-order valence-corrected chi connectivity index (χ3v) is 8.76. The molecule has 0 amide bonds. The van der Waals surface area contributed by atoms with Crippen molar-refractivity contribution in [2.75, 3.05) is 5.32 Å². The molecule has 0 aromatic heterocycles. The molecule has 1 aliphatic rings. The van der Waals surface area contributed by atoms with E-state index in [0.29, 0.717) is 11.6 Å². The summed E-state index contributed by atoms with van der Waals surface area (Å²) in [6, 6.07) is 0. The quantitative estimate of drug-likeness (QED) is 0.139. The molecule has 1 aliphatic heterocycles. The maximum Gasteiger partial charge on any atom is 0.176 e. The highest BCUT2D eigenvalue weighted by Crippen LogP contribution is 2.50. The first-order valence-corrected chi connectivity index (χ1v) is 13.7. The number of anilines is 1. The van der Waals surface area contributed by atoms with Crippen molar-refractivity contribution in [3.8, 4) is 0 Å². The van der Waals surface area contributed by atoms with Gasteiger partial charge in [0.05, 0.1) is 24.9 Å². The number of hydrogen-bond acceptors (Lipinski definition) is 2. The highest BCUT2D eigenvalue weighted by atomic mass is 79.9. The lowest BCUT2D eigenvalue weighted by atomic mass is 9.91. The number of unbranched alkanes of at least 4 members (excludes halogenated alkanes) is 8. The normalized spacial score (nSPS) is 16.7. The summed E-state index contributed by atoms with van der Waals surface area (Å²) in [6.07, 6.45) is 16.7. The average molecular weight is 555 g/mol. The van der Waals surface area contributed by atoms with Crippen molar-refractivity contribution < 1.29 is 8.78 Å². The van der Waals surface area contributed by atoms with Gasteiger partial charge in [0.1, 0.15) is 0 Å². The van der Waals surface area contributed by atoms with Crippen molar-refractivity contribution in [3.63, 3.8) is 0 Å². The molecular weight excluding hydrogens is 520 g/mol. The van der Waals surface area contributed by atoms with Gasteiger partial charge in [-0.1, -0.05) is 103 Å². The Morgan fingerprint density at radius 1 is 0.828 bits per heavy atom. The summed E-state index contributed by atoms with van der Waals surface area (Å²) in [4.78, 5) is 0.782. The monoisotopic (exact) mass is 553 g/mol. The molecule has 2 rings (SSSR count). The lowest BCUT2D eigenvalue weighted by Crippen LogP contribution is -2.16. The summed E-state index contributed by atoms with van der Waals surface area (Å²) >= 11 is 8.10. The molecule has 0 radical (unpaired) electrons. The van der Waals surface area contributed by atoms with E-state index < -0.39 is 11.6 Å². The van der Waals surface area contributed by atoms with Gasteiger partial charge >= 0.3 is 0 Å². The summed E-state index contributed by atoms with van der Waals surface area (Å²) in [6.45, 7) is 4.50. The lowest BCUT2D eigenvalue weighted by Gasteiger charge is -2.21. The first-order valence-electron chi connectivity index (χ1n) is 11.3. The maximum absolute atomic E-state index is 14.1. The van der Waals surface area contributed by atoms with Crippen LogP contribution in [0.25, 0.3) is 0 Å². The Labute approximate surface area is 196 Å². The molecule has 2 atom stereocenters. The van der Waals surface area contributed by atoms with E-state index in [-0.39, 0.29) is 14.3 Å². The molecule has 1 nitrogen and oxygen atoms in total. The fourth-order valence-electron chi connectivity index (χ4n) is 4.05. The molecule has 1 aromatic carbocycles. The van der Waals surface area contributed by atoms with Gasteiger partial charge in [0.2, 0.25) is 0 Å². The molecule has 0 fully saturated rings. The van der Waals surface area contributed by atoms with E-state index >= 15 is 0 Å². The van der Waals surface area contributed by atoms with Crippen molar-refractivity contribution in [3.05, 3.63) is 20.6 Å². The summed E-state index contributed by atoms with van der Waals surface area (Å²) in [5.41, 5.74) is 0.690. The van der Waals surface area contributed by atoms with Gasteiger partial charge in [0.15, 0.2) is 11.6 Å². The molecule has 1 N–H and O–H groups in total. The molecule has 6 heteroatoms. The van der Waals surface area contributed by atoms with Crippen LogP contribution in [0.1, 0.15) is 97.3 Å². The van der Waals surface area contributed by atoms with Crippen molar-refractivity contribution in [1.29, 1.82) is 0 Å². The minimum atomic E-state index is -0.826. The van der Waals surface area contributed by atoms with E-state index in [1.807, 2.05) is 0 Å². The Bertz CT molecular complexity index is 605. The van der Waals surface area contributed by atoms with Gasteiger partial charge in [0.25, 0.3) is 0 Å². The third kappa shape index (κ3) is 7.68.